The van der Waals surface area contributed by atoms with Gasteiger partial charge < -0.3 is 5.32 Å². The summed E-state index contributed by atoms with van der Waals surface area (Å²) in [4.78, 5) is 15.8. The minimum atomic E-state index is -3.87. The Morgan fingerprint density at radius 2 is 1.91 bits per heavy atom. The lowest BCUT2D eigenvalue weighted by atomic mass is 10.3. The molecule has 0 saturated heterocycles. The predicted molar refractivity (Wildman–Crippen MR) is 83.8 cm³/mol. The van der Waals surface area contributed by atoms with Gasteiger partial charge in [0, 0.05) is 13.2 Å². The highest BCUT2D eigenvalue weighted by atomic mass is 32.2. The highest BCUT2D eigenvalue weighted by molar-refractivity contribution is 7.89. The first kappa shape index (κ1) is 17.0. The molecular weight excluding hydrogens is 321 g/mol. The molecule has 1 heterocycles. The summed E-state index contributed by atoms with van der Waals surface area (Å²) in [6.45, 7) is 1.47. The number of amides is 1. The normalized spacial score (nSPS) is 11.5. The number of carbonyl (C=O) groups excluding carboxylic acids is 1. The zero-order chi connectivity index (χ0) is 17.0. The highest BCUT2D eigenvalue weighted by Gasteiger charge is 2.23. The van der Waals surface area contributed by atoms with Crippen LogP contribution in [-0.2, 0) is 14.8 Å². The number of benzene rings is 1. The third-order valence-electron chi connectivity index (χ3n) is 3.07. The average molecular weight is 337 g/mol. The molecule has 0 aliphatic heterocycles. The van der Waals surface area contributed by atoms with Crippen LogP contribution in [0.5, 0.6) is 0 Å². The van der Waals surface area contributed by atoms with Crippen molar-refractivity contribution in [1.29, 1.82) is 0 Å². The van der Waals surface area contributed by atoms with Crippen molar-refractivity contribution in [3.63, 3.8) is 0 Å². The monoisotopic (exact) mass is 337 g/mol. The number of aryl methyl sites for hydroxylation is 1. The van der Waals surface area contributed by atoms with Crippen LogP contribution in [0.4, 0.5) is 10.2 Å². The summed E-state index contributed by atoms with van der Waals surface area (Å²) in [6, 6.07) is 7.87. The standard InChI is InChI=1S/C15H16FN3O3S/c1-11-7-8-17-14(9-11)18-15(20)10-19(2)23(21,22)13-5-3-12(16)4-6-13/h3-9H,10H2,1-2H3,(H,17,18,20). The molecule has 0 fully saturated rings. The smallest absolute Gasteiger partial charge is 0.243 e. The van der Waals surface area contributed by atoms with Crippen LogP contribution in [0.3, 0.4) is 0 Å². The maximum absolute atomic E-state index is 12.9. The number of anilines is 1. The summed E-state index contributed by atoms with van der Waals surface area (Å²) < 4.78 is 38.4. The highest BCUT2D eigenvalue weighted by Crippen LogP contribution is 2.15. The molecule has 1 aromatic heterocycles. The van der Waals surface area contributed by atoms with E-state index in [-0.39, 0.29) is 11.4 Å². The Kier molecular flexibility index (Phi) is 5.07. The van der Waals surface area contributed by atoms with Crippen molar-refractivity contribution in [2.75, 3.05) is 18.9 Å². The van der Waals surface area contributed by atoms with Gasteiger partial charge in [0.1, 0.15) is 11.6 Å². The average Bonchev–Trinajstić information content (AvgIpc) is 2.47. The van der Waals surface area contributed by atoms with Crippen LogP contribution in [0.2, 0.25) is 0 Å². The molecule has 1 N–H and O–H groups in total. The quantitative estimate of drug-likeness (QED) is 0.902. The van der Waals surface area contributed by atoms with Gasteiger partial charge in [0.05, 0.1) is 11.4 Å². The summed E-state index contributed by atoms with van der Waals surface area (Å²) in [7, 11) is -2.59. The molecule has 0 aliphatic carbocycles. The van der Waals surface area contributed by atoms with Gasteiger partial charge in [0.25, 0.3) is 0 Å². The van der Waals surface area contributed by atoms with Crippen molar-refractivity contribution in [3.05, 3.63) is 54.0 Å². The van der Waals surface area contributed by atoms with E-state index in [1.54, 1.807) is 18.3 Å². The van der Waals surface area contributed by atoms with Gasteiger partial charge in [0.2, 0.25) is 15.9 Å². The fourth-order valence-corrected chi connectivity index (χ4v) is 2.99. The van der Waals surface area contributed by atoms with Crippen molar-refractivity contribution in [1.82, 2.24) is 9.29 Å². The molecule has 122 valence electrons. The number of sulfonamides is 1. The SMILES string of the molecule is Cc1ccnc(NC(=O)CN(C)S(=O)(=O)c2ccc(F)cc2)c1. The summed E-state index contributed by atoms with van der Waals surface area (Å²) >= 11 is 0. The molecule has 1 amide bonds. The Bertz CT molecular complexity index is 807. The number of halogens is 1. The van der Waals surface area contributed by atoms with Gasteiger partial charge in [-0.2, -0.15) is 4.31 Å². The van der Waals surface area contributed by atoms with Crippen LogP contribution < -0.4 is 5.32 Å². The Balaban J connectivity index is 2.06. The molecule has 0 spiro atoms. The molecule has 2 aromatic rings. The first-order chi connectivity index (χ1) is 10.8. The zero-order valence-electron chi connectivity index (χ0n) is 12.7. The van der Waals surface area contributed by atoms with Gasteiger partial charge >= 0.3 is 0 Å². The molecule has 0 atom stereocenters. The van der Waals surface area contributed by atoms with Gasteiger partial charge in [-0.25, -0.2) is 17.8 Å². The summed E-state index contributed by atoms with van der Waals surface area (Å²) in [6.07, 6.45) is 1.55. The zero-order valence-corrected chi connectivity index (χ0v) is 13.5. The number of pyridine rings is 1. The van der Waals surface area contributed by atoms with Gasteiger partial charge in [-0.05, 0) is 48.9 Å². The van der Waals surface area contributed by atoms with E-state index in [2.05, 4.69) is 10.3 Å². The molecule has 0 radical (unpaired) electrons. The number of likely N-dealkylation sites (N-methyl/N-ethyl adjacent to an activating group) is 1. The molecule has 1 aromatic carbocycles. The van der Waals surface area contributed by atoms with Gasteiger partial charge in [0.15, 0.2) is 0 Å². The molecule has 2 rings (SSSR count). The van der Waals surface area contributed by atoms with E-state index < -0.39 is 21.7 Å². The fraction of sp³-hybridized carbons (Fsp3) is 0.200. The second-order valence-electron chi connectivity index (χ2n) is 4.98. The fourth-order valence-electron chi connectivity index (χ4n) is 1.86. The van der Waals surface area contributed by atoms with Crippen LogP contribution in [-0.4, -0.2) is 37.2 Å². The Morgan fingerprint density at radius 3 is 2.52 bits per heavy atom. The molecule has 8 heteroatoms. The Hall–Kier alpha value is -2.32. The third-order valence-corrected chi connectivity index (χ3v) is 4.89. The van der Waals surface area contributed by atoms with Crippen molar-refractivity contribution >= 4 is 21.7 Å². The molecule has 0 saturated carbocycles. The molecule has 0 aliphatic rings. The number of carbonyl (C=O) groups is 1. The predicted octanol–water partition coefficient (Wildman–Crippen LogP) is 1.79. The van der Waals surface area contributed by atoms with Crippen LogP contribution in [0, 0.1) is 12.7 Å². The Labute approximate surface area is 134 Å². The van der Waals surface area contributed by atoms with Crippen molar-refractivity contribution in [2.45, 2.75) is 11.8 Å². The third kappa shape index (κ3) is 4.33. The number of aromatic nitrogens is 1. The van der Waals surface area contributed by atoms with E-state index in [9.17, 15) is 17.6 Å². The van der Waals surface area contributed by atoms with Gasteiger partial charge in [-0.15, -0.1) is 0 Å². The van der Waals surface area contributed by atoms with Crippen LogP contribution >= 0.6 is 0 Å². The number of hydrogen-bond donors (Lipinski definition) is 1. The van der Waals surface area contributed by atoms with Crippen molar-refractivity contribution in [2.24, 2.45) is 0 Å². The first-order valence-corrected chi connectivity index (χ1v) is 8.17. The second-order valence-corrected chi connectivity index (χ2v) is 7.03. The topological polar surface area (TPSA) is 79.4 Å². The van der Waals surface area contributed by atoms with Gasteiger partial charge in [-0.1, -0.05) is 0 Å². The van der Waals surface area contributed by atoms with Crippen molar-refractivity contribution in [3.8, 4) is 0 Å². The summed E-state index contributed by atoms with van der Waals surface area (Å²) in [5, 5.41) is 2.53. The largest absolute Gasteiger partial charge is 0.310 e. The molecule has 0 unspecified atom stereocenters. The summed E-state index contributed by atoms with van der Waals surface area (Å²) in [5.74, 6) is -0.700. The van der Waals surface area contributed by atoms with E-state index in [1.807, 2.05) is 6.92 Å². The molecular formula is C15H16FN3O3S. The Morgan fingerprint density at radius 1 is 1.26 bits per heavy atom. The summed E-state index contributed by atoms with van der Waals surface area (Å²) in [5.41, 5.74) is 0.919. The van der Waals surface area contributed by atoms with E-state index in [0.717, 1.165) is 34.1 Å². The molecule has 23 heavy (non-hydrogen) atoms. The van der Waals surface area contributed by atoms with Crippen molar-refractivity contribution < 1.29 is 17.6 Å². The van der Waals surface area contributed by atoms with E-state index >= 15 is 0 Å². The lowest BCUT2D eigenvalue weighted by molar-refractivity contribution is -0.116. The van der Waals surface area contributed by atoms with Crippen LogP contribution in [0.1, 0.15) is 5.56 Å². The number of hydrogen-bond acceptors (Lipinski definition) is 4. The number of rotatable bonds is 5. The van der Waals surface area contributed by atoms with E-state index in [0.29, 0.717) is 5.82 Å². The minimum Gasteiger partial charge on any atom is -0.310 e. The minimum absolute atomic E-state index is 0.0807. The van der Waals surface area contributed by atoms with E-state index in [4.69, 9.17) is 0 Å². The van der Waals surface area contributed by atoms with Crippen LogP contribution in [0.15, 0.2) is 47.5 Å². The maximum Gasteiger partial charge on any atom is 0.243 e. The van der Waals surface area contributed by atoms with E-state index in [1.165, 1.54) is 7.05 Å². The lowest BCUT2D eigenvalue weighted by Gasteiger charge is -2.16. The lowest BCUT2D eigenvalue weighted by Crippen LogP contribution is -2.35. The van der Waals surface area contributed by atoms with Gasteiger partial charge in [-0.3, -0.25) is 4.79 Å². The number of nitrogens with zero attached hydrogens (tertiary/aromatic N) is 2. The first-order valence-electron chi connectivity index (χ1n) is 6.73. The molecule has 6 nitrogen and oxygen atoms in total. The second kappa shape index (κ2) is 6.84. The maximum atomic E-state index is 12.9. The molecule has 0 bridgehead atoms. The van der Waals surface area contributed by atoms with Crippen LogP contribution in [0.25, 0.3) is 0 Å². The number of nitrogens with one attached hydrogen (secondary N) is 1.